The summed E-state index contributed by atoms with van der Waals surface area (Å²) in [5, 5.41) is 8.63. The minimum atomic E-state index is -0.365. The predicted molar refractivity (Wildman–Crippen MR) is 57.1 cm³/mol. The first kappa shape index (κ1) is 22.7. The van der Waals surface area contributed by atoms with Gasteiger partial charge in [0.15, 0.2) is 4.90 Å². The number of ketones is 1. The second kappa shape index (κ2) is 8.76. The van der Waals surface area contributed by atoms with E-state index in [4.69, 9.17) is 4.42 Å². The molecular formula is C10H6N2O2SW3Y-2. The zero-order chi connectivity index (χ0) is 10.6. The van der Waals surface area contributed by atoms with E-state index < -0.39 is 0 Å². The maximum Gasteiger partial charge on any atom is 0.184 e. The number of fused-ring (bicyclic) bond motifs is 3. The molecule has 4 nitrogen and oxygen atoms in total. The van der Waals surface area contributed by atoms with Gasteiger partial charge in [-0.15, -0.1) is 11.3 Å². The molecule has 0 unspecified atom stereocenters. The van der Waals surface area contributed by atoms with Crippen molar-refractivity contribution >= 4 is 38.5 Å². The molecule has 0 fully saturated rings. The number of Topliss-reactive ketones (excluding diaryl/α,β-unsaturated/α-hetero) is 1. The summed E-state index contributed by atoms with van der Waals surface area (Å²) in [5.74, 6) is -0.365. The molecule has 9 heteroatoms. The molecule has 19 heavy (non-hydrogen) atoms. The first-order chi connectivity index (χ1) is 7.16. The van der Waals surface area contributed by atoms with Crippen LogP contribution in [0.5, 0.6) is 0 Å². The first-order valence-electron chi connectivity index (χ1n) is 4.35. The molecule has 0 aliphatic carbocycles. The quantitative estimate of drug-likeness (QED) is 0.279. The van der Waals surface area contributed by atoms with Gasteiger partial charge in [0.1, 0.15) is 0 Å². The molecule has 97 valence electrons. The average molecular weight is 859 g/mol. The monoisotopic (exact) mass is 859 g/mol. The summed E-state index contributed by atoms with van der Waals surface area (Å²) in [4.78, 5) is 13.1. The number of aryl methyl sites for hydroxylation is 1. The summed E-state index contributed by atoms with van der Waals surface area (Å²) >= 11 is 1.54. The molecule has 3 aromatic rings. The van der Waals surface area contributed by atoms with Gasteiger partial charge in [-0.25, -0.2) is 0 Å². The van der Waals surface area contributed by atoms with Crippen LogP contribution >= 0.6 is 11.3 Å². The van der Waals surface area contributed by atoms with Gasteiger partial charge in [-0.2, -0.15) is 6.92 Å². The molecular weight excluding hydrogens is 853 g/mol. The van der Waals surface area contributed by atoms with E-state index in [2.05, 4.69) is 17.1 Å². The molecule has 0 aliphatic rings. The normalized spacial score (nSPS) is 9.11. The predicted octanol–water partition coefficient (Wildman–Crippen LogP) is 2.31. The molecule has 0 N–H and O–H groups in total. The van der Waals surface area contributed by atoms with Crippen molar-refractivity contribution in [1.29, 1.82) is 0 Å². The van der Waals surface area contributed by atoms with E-state index in [1.54, 1.807) is 0 Å². The minimum Gasteiger partial charge on any atom is -0.592 e. The molecule has 0 aromatic carbocycles. The van der Waals surface area contributed by atoms with Crippen molar-refractivity contribution in [3.8, 4) is 0 Å². The van der Waals surface area contributed by atoms with Crippen LogP contribution < -0.4 is 5.10 Å². The summed E-state index contributed by atoms with van der Waals surface area (Å²) in [7, 11) is 0. The third-order valence-corrected chi connectivity index (χ3v) is 3.14. The van der Waals surface area contributed by atoms with Crippen LogP contribution in [0, 0.1) is 13.8 Å². The van der Waals surface area contributed by atoms with Crippen molar-refractivity contribution in [3.05, 3.63) is 23.6 Å². The van der Waals surface area contributed by atoms with Crippen LogP contribution in [0.3, 0.4) is 0 Å². The molecule has 3 heterocycles. The number of nitrogens with zero attached hydrogens (tertiary/aromatic N) is 2. The Morgan fingerprint density at radius 2 is 2.05 bits per heavy atom. The van der Waals surface area contributed by atoms with Crippen molar-refractivity contribution < 1.29 is 105 Å². The Hall–Kier alpha value is 1.42. The van der Waals surface area contributed by atoms with Crippen molar-refractivity contribution in [2.75, 3.05) is 0 Å². The molecule has 1 radical (unpaired) electrons. The van der Waals surface area contributed by atoms with Gasteiger partial charge in [-0.3, -0.25) is 0 Å². The Labute approximate surface area is 181 Å². The Bertz CT molecular complexity index is 691. The largest absolute Gasteiger partial charge is 0.592 e. The molecule has 3 aromatic heterocycles. The van der Waals surface area contributed by atoms with Crippen LogP contribution in [0.15, 0.2) is 10.5 Å². The van der Waals surface area contributed by atoms with E-state index >= 15 is 0 Å². The van der Waals surface area contributed by atoms with Crippen LogP contribution in [-0.2, 0) is 95.9 Å². The van der Waals surface area contributed by atoms with Gasteiger partial charge in [0.25, 0.3) is 0 Å². The third-order valence-electron chi connectivity index (χ3n) is 2.22. The Kier molecular flexibility index (Phi) is 10.5. The van der Waals surface area contributed by atoms with Gasteiger partial charge in [-0.1, -0.05) is 5.52 Å². The molecule has 0 saturated heterocycles. The number of hydrogen-bond acceptors (Lipinski definition) is 4. The topological polar surface area (TPSA) is 57.2 Å². The Morgan fingerprint density at radius 3 is 2.63 bits per heavy atom. The molecule has 3 rings (SSSR count). The zero-order valence-electron chi connectivity index (χ0n) is 9.71. The van der Waals surface area contributed by atoms with Crippen LogP contribution in [0.4, 0.5) is 0 Å². The standard InChI is InChI=1S/C10H7N2O2S.3W.Y/c1-4-3-6-8-9(14-10(6)15-4)7(5(2)13)11-12-8;;;;/h3H,2H2,1H3,(H,11,12,13);;;;/q-1;;;;/p-1. The van der Waals surface area contributed by atoms with Crippen LogP contribution in [0.1, 0.15) is 15.4 Å². The molecule has 0 bridgehead atoms. The van der Waals surface area contributed by atoms with Crippen molar-refractivity contribution in [3.63, 3.8) is 0 Å². The van der Waals surface area contributed by atoms with Crippen LogP contribution in [0.2, 0.25) is 0 Å². The van der Waals surface area contributed by atoms with E-state index in [1.807, 2.05) is 13.0 Å². The minimum absolute atomic E-state index is 0. The van der Waals surface area contributed by atoms with Gasteiger partial charge >= 0.3 is 0 Å². The van der Waals surface area contributed by atoms with Crippen molar-refractivity contribution in [1.82, 2.24) is 10.2 Å². The van der Waals surface area contributed by atoms with E-state index in [0.717, 1.165) is 15.2 Å². The summed E-state index contributed by atoms with van der Waals surface area (Å²) in [5.41, 5.74) is 1.32. The summed E-state index contributed by atoms with van der Waals surface area (Å²) in [6.07, 6.45) is 0. The van der Waals surface area contributed by atoms with Gasteiger partial charge in [0, 0.05) is 112 Å². The fourth-order valence-corrected chi connectivity index (χ4v) is 2.44. The smallest absolute Gasteiger partial charge is 0.184 e. The second-order valence-corrected chi connectivity index (χ2v) is 4.53. The van der Waals surface area contributed by atoms with Crippen molar-refractivity contribution in [2.45, 2.75) is 6.92 Å². The molecule has 0 atom stereocenters. The number of carbonyl (C=O) groups excluding carboxylic acids is 1. The molecule has 0 saturated carbocycles. The first-order valence-corrected chi connectivity index (χ1v) is 5.17. The number of aromatic nitrogens is 2. The van der Waals surface area contributed by atoms with Crippen LogP contribution in [-0.4, -0.2) is 10.9 Å². The van der Waals surface area contributed by atoms with E-state index in [-0.39, 0.29) is 107 Å². The fourth-order valence-electron chi connectivity index (χ4n) is 1.58. The summed E-state index contributed by atoms with van der Waals surface area (Å²) in [6, 6.07) is 1.98. The number of rotatable bonds is 1. The van der Waals surface area contributed by atoms with Crippen LogP contribution in [0.25, 0.3) is 21.4 Å². The van der Waals surface area contributed by atoms with E-state index in [1.165, 1.54) is 11.3 Å². The Balaban J connectivity index is 0. The van der Waals surface area contributed by atoms with E-state index in [9.17, 15) is 4.79 Å². The van der Waals surface area contributed by atoms with Gasteiger partial charge < -0.3 is 19.4 Å². The van der Waals surface area contributed by atoms with Gasteiger partial charge in [-0.05, 0) is 18.7 Å². The SMILES string of the molecule is [CH2-]C(=O)c1n[n-]c2c1oc1sc(C)cc12.[W].[W].[W].[Y]. The molecule has 0 amide bonds. The van der Waals surface area contributed by atoms with Gasteiger partial charge in [0.05, 0.1) is 5.58 Å². The van der Waals surface area contributed by atoms with E-state index in [0.29, 0.717) is 11.1 Å². The number of carbonyl (C=O) groups is 1. The maximum absolute atomic E-state index is 11.1. The summed E-state index contributed by atoms with van der Waals surface area (Å²) in [6.45, 7) is 5.30. The third kappa shape index (κ3) is 3.99. The average Bonchev–Trinajstić information content (AvgIpc) is 2.73. The Morgan fingerprint density at radius 1 is 1.42 bits per heavy atom. The van der Waals surface area contributed by atoms with Gasteiger partial charge in [0.2, 0.25) is 0 Å². The molecule has 0 spiro atoms. The number of furan rings is 1. The number of thiophene rings is 1. The number of hydrogen-bond donors (Lipinski definition) is 0. The molecule has 0 aliphatic heterocycles. The van der Waals surface area contributed by atoms with Crippen molar-refractivity contribution in [2.24, 2.45) is 0 Å². The second-order valence-electron chi connectivity index (χ2n) is 3.31. The fraction of sp³-hybridized carbons (Fsp3) is 0.100. The zero-order valence-corrected chi connectivity index (χ0v) is 22.2. The summed E-state index contributed by atoms with van der Waals surface area (Å²) < 4.78 is 5.54. The maximum atomic E-state index is 11.1.